The standard InChI is InChI=1S/C16H14FN/c17-16-10-8-15(9-11-16)13-18-12-4-7-14-5-2-1-3-6-14/h1-3,5-6,8-11,18H,12-13H2. The van der Waals surface area contributed by atoms with Gasteiger partial charge in [-0.25, -0.2) is 4.39 Å². The van der Waals surface area contributed by atoms with Crippen LogP contribution < -0.4 is 5.32 Å². The lowest BCUT2D eigenvalue weighted by atomic mass is 10.2. The van der Waals surface area contributed by atoms with Gasteiger partial charge in [-0.05, 0) is 29.8 Å². The van der Waals surface area contributed by atoms with Crippen LogP contribution in [-0.4, -0.2) is 6.54 Å². The maximum atomic E-state index is 12.7. The Labute approximate surface area is 107 Å². The molecule has 0 fully saturated rings. The van der Waals surface area contributed by atoms with Gasteiger partial charge < -0.3 is 5.32 Å². The van der Waals surface area contributed by atoms with Gasteiger partial charge in [-0.3, -0.25) is 0 Å². The van der Waals surface area contributed by atoms with Gasteiger partial charge in [0.25, 0.3) is 0 Å². The third-order valence-electron chi connectivity index (χ3n) is 2.46. The molecule has 1 N–H and O–H groups in total. The van der Waals surface area contributed by atoms with Gasteiger partial charge in [0, 0.05) is 12.1 Å². The minimum absolute atomic E-state index is 0.206. The van der Waals surface area contributed by atoms with Crippen molar-refractivity contribution in [2.24, 2.45) is 0 Å². The zero-order valence-corrected chi connectivity index (χ0v) is 9.99. The van der Waals surface area contributed by atoms with Crippen LogP contribution in [0.2, 0.25) is 0 Å². The zero-order chi connectivity index (χ0) is 12.6. The van der Waals surface area contributed by atoms with Crippen molar-refractivity contribution in [1.82, 2.24) is 5.32 Å². The Kier molecular flexibility index (Phi) is 4.52. The van der Waals surface area contributed by atoms with Gasteiger partial charge in [0.2, 0.25) is 0 Å². The molecule has 0 saturated carbocycles. The van der Waals surface area contributed by atoms with Gasteiger partial charge in [0.05, 0.1) is 6.54 Å². The number of benzene rings is 2. The lowest BCUT2D eigenvalue weighted by Crippen LogP contribution is -2.13. The van der Waals surface area contributed by atoms with Crippen molar-refractivity contribution in [3.8, 4) is 11.8 Å². The highest BCUT2D eigenvalue weighted by Gasteiger charge is 1.92. The van der Waals surface area contributed by atoms with Crippen LogP contribution in [-0.2, 0) is 6.54 Å². The molecule has 0 amide bonds. The van der Waals surface area contributed by atoms with Crippen molar-refractivity contribution in [3.05, 3.63) is 71.5 Å². The average Bonchev–Trinajstić information content (AvgIpc) is 2.42. The molecule has 0 spiro atoms. The molecule has 0 heterocycles. The number of hydrogen-bond donors (Lipinski definition) is 1. The fraction of sp³-hybridized carbons (Fsp3) is 0.125. The molecule has 1 nitrogen and oxygen atoms in total. The zero-order valence-electron chi connectivity index (χ0n) is 9.99. The molecule has 2 rings (SSSR count). The van der Waals surface area contributed by atoms with E-state index in [2.05, 4.69) is 17.2 Å². The van der Waals surface area contributed by atoms with Gasteiger partial charge in [0.1, 0.15) is 5.82 Å². The van der Waals surface area contributed by atoms with E-state index in [0.29, 0.717) is 13.1 Å². The van der Waals surface area contributed by atoms with Crippen molar-refractivity contribution in [1.29, 1.82) is 0 Å². The van der Waals surface area contributed by atoms with Gasteiger partial charge in [-0.2, -0.15) is 0 Å². The summed E-state index contributed by atoms with van der Waals surface area (Å²) in [5.41, 5.74) is 2.07. The second-order valence-electron chi connectivity index (χ2n) is 3.90. The van der Waals surface area contributed by atoms with E-state index in [1.807, 2.05) is 30.3 Å². The van der Waals surface area contributed by atoms with E-state index in [9.17, 15) is 4.39 Å². The Balaban J connectivity index is 1.77. The highest BCUT2D eigenvalue weighted by molar-refractivity contribution is 5.33. The highest BCUT2D eigenvalue weighted by Crippen LogP contribution is 2.01. The van der Waals surface area contributed by atoms with Crippen LogP contribution in [0.5, 0.6) is 0 Å². The van der Waals surface area contributed by atoms with E-state index in [0.717, 1.165) is 11.1 Å². The highest BCUT2D eigenvalue weighted by atomic mass is 19.1. The van der Waals surface area contributed by atoms with E-state index >= 15 is 0 Å². The molecule has 2 aromatic carbocycles. The Morgan fingerprint density at radius 2 is 1.67 bits per heavy atom. The maximum absolute atomic E-state index is 12.7. The predicted octanol–water partition coefficient (Wildman–Crippen LogP) is 2.97. The summed E-state index contributed by atoms with van der Waals surface area (Å²) in [5, 5.41) is 3.20. The molecule has 0 aliphatic heterocycles. The molecule has 0 unspecified atom stereocenters. The number of nitrogens with one attached hydrogen (secondary N) is 1. The Morgan fingerprint density at radius 3 is 2.39 bits per heavy atom. The SMILES string of the molecule is Fc1ccc(CNCC#Cc2ccccc2)cc1. The molecule has 0 aliphatic carbocycles. The second kappa shape index (κ2) is 6.58. The molecule has 0 saturated heterocycles. The van der Waals surface area contributed by atoms with E-state index in [1.54, 1.807) is 12.1 Å². The minimum Gasteiger partial charge on any atom is -0.302 e. The maximum Gasteiger partial charge on any atom is 0.123 e. The molecule has 2 heteroatoms. The van der Waals surface area contributed by atoms with E-state index in [-0.39, 0.29) is 5.82 Å². The summed E-state index contributed by atoms with van der Waals surface area (Å²) in [4.78, 5) is 0. The molecule has 2 aromatic rings. The smallest absolute Gasteiger partial charge is 0.123 e. The molecule has 0 atom stereocenters. The summed E-state index contributed by atoms with van der Waals surface area (Å²) in [6.45, 7) is 1.32. The van der Waals surface area contributed by atoms with Gasteiger partial charge >= 0.3 is 0 Å². The third-order valence-corrected chi connectivity index (χ3v) is 2.46. The molecule has 0 aromatic heterocycles. The molecule has 90 valence electrons. The van der Waals surface area contributed by atoms with Crippen molar-refractivity contribution in [2.45, 2.75) is 6.54 Å². The van der Waals surface area contributed by atoms with Crippen molar-refractivity contribution >= 4 is 0 Å². The first-order chi connectivity index (χ1) is 8.84. The van der Waals surface area contributed by atoms with Crippen LogP contribution in [0, 0.1) is 17.7 Å². The van der Waals surface area contributed by atoms with Crippen LogP contribution in [0.4, 0.5) is 4.39 Å². The molecule has 0 aliphatic rings. The lowest BCUT2D eigenvalue weighted by molar-refractivity contribution is 0.626. The van der Waals surface area contributed by atoms with Crippen LogP contribution in [0.3, 0.4) is 0 Å². The van der Waals surface area contributed by atoms with Crippen LogP contribution >= 0.6 is 0 Å². The van der Waals surface area contributed by atoms with Crippen molar-refractivity contribution in [2.75, 3.05) is 6.54 Å². The van der Waals surface area contributed by atoms with Gasteiger partial charge in [-0.15, -0.1) is 0 Å². The van der Waals surface area contributed by atoms with E-state index in [1.165, 1.54) is 12.1 Å². The molecular weight excluding hydrogens is 225 g/mol. The van der Waals surface area contributed by atoms with E-state index in [4.69, 9.17) is 0 Å². The first-order valence-electron chi connectivity index (χ1n) is 5.84. The van der Waals surface area contributed by atoms with Crippen LogP contribution in [0.15, 0.2) is 54.6 Å². The van der Waals surface area contributed by atoms with Gasteiger partial charge in [-0.1, -0.05) is 42.2 Å². The second-order valence-corrected chi connectivity index (χ2v) is 3.90. The fourth-order valence-corrected chi connectivity index (χ4v) is 1.54. The topological polar surface area (TPSA) is 12.0 Å². The third kappa shape index (κ3) is 4.04. The van der Waals surface area contributed by atoms with E-state index < -0.39 is 0 Å². The normalized spacial score (nSPS) is 9.61. The average molecular weight is 239 g/mol. The summed E-state index contributed by atoms with van der Waals surface area (Å²) in [5.74, 6) is 5.91. The first-order valence-corrected chi connectivity index (χ1v) is 5.84. The van der Waals surface area contributed by atoms with Crippen molar-refractivity contribution in [3.63, 3.8) is 0 Å². The fourth-order valence-electron chi connectivity index (χ4n) is 1.54. The van der Waals surface area contributed by atoms with Crippen molar-refractivity contribution < 1.29 is 4.39 Å². The monoisotopic (exact) mass is 239 g/mol. The quantitative estimate of drug-likeness (QED) is 0.641. The van der Waals surface area contributed by atoms with Crippen LogP contribution in [0.1, 0.15) is 11.1 Å². The lowest BCUT2D eigenvalue weighted by Gasteiger charge is -2.00. The van der Waals surface area contributed by atoms with Crippen LogP contribution in [0.25, 0.3) is 0 Å². The number of rotatable bonds is 3. The summed E-state index contributed by atoms with van der Waals surface area (Å²) in [6.07, 6.45) is 0. The molecular formula is C16H14FN. The Morgan fingerprint density at radius 1 is 0.944 bits per heavy atom. The summed E-state index contributed by atoms with van der Waals surface area (Å²) in [7, 11) is 0. The largest absolute Gasteiger partial charge is 0.302 e. The predicted molar refractivity (Wildman–Crippen MR) is 71.4 cm³/mol. The Bertz CT molecular complexity index is 535. The first kappa shape index (κ1) is 12.3. The molecule has 0 bridgehead atoms. The Hall–Kier alpha value is -2.11. The summed E-state index contributed by atoms with van der Waals surface area (Å²) < 4.78 is 12.7. The van der Waals surface area contributed by atoms with Gasteiger partial charge in [0.15, 0.2) is 0 Å². The summed E-state index contributed by atoms with van der Waals surface area (Å²) >= 11 is 0. The number of hydrogen-bond acceptors (Lipinski definition) is 1. The molecule has 18 heavy (non-hydrogen) atoms. The number of halogens is 1. The minimum atomic E-state index is -0.206. The summed E-state index contributed by atoms with van der Waals surface area (Å²) in [6, 6.07) is 16.3. The molecule has 0 radical (unpaired) electrons.